The van der Waals surface area contributed by atoms with Gasteiger partial charge in [0.2, 0.25) is 5.91 Å². The number of hydrogen-bond acceptors (Lipinski definition) is 2. The van der Waals surface area contributed by atoms with Gasteiger partial charge in [-0.3, -0.25) is 4.79 Å². The summed E-state index contributed by atoms with van der Waals surface area (Å²) in [5.41, 5.74) is 0. The average Bonchev–Trinajstić information content (AvgIpc) is 2.10. The van der Waals surface area contributed by atoms with E-state index in [0.29, 0.717) is 6.42 Å². The third-order valence-electron chi connectivity index (χ3n) is 1.53. The zero-order valence-corrected chi connectivity index (χ0v) is 5.22. The van der Waals surface area contributed by atoms with Crippen LogP contribution in [0.15, 0.2) is 0 Å². The van der Waals surface area contributed by atoms with E-state index in [-0.39, 0.29) is 17.9 Å². The van der Waals surface area contributed by atoms with Crippen molar-refractivity contribution in [3.8, 4) is 6.07 Å². The maximum atomic E-state index is 10.6. The molecule has 1 amide bonds. The van der Waals surface area contributed by atoms with Gasteiger partial charge < -0.3 is 5.32 Å². The normalized spacial score (nSPS) is 33.6. The predicted molar refractivity (Wildman–Crippen MR) is 31.3 cm³/mol. The summed E-state index contributed by atoms with van der Waals surface area (Å²) >= 11 is 0. The number of nitriles is 1. The molecule has 9 heavy (non-hydrogen) atoms. The van der Waals surface area contributed by atoms with Crippen LogP contribution in [-0.2, 0) is 4.79 Å². The lowest BCUT2D eigenvalue weighted by Gasteiger charge is -2.01. The Bertz CT molecular complexity index is 170. The van der Waals surface area contributed by atoms with Crippen molar-refractivity contribution in [1.82, 2.24) is 5.32 Å². The van der Waals surface area contributed by atoms with E-state index >= 15 is 0 Å². The summed E-state index contributed by atoms with van der Waals surface area (Å²) in [6.07, 6.45) is 0.498. The highest BCUT2D eigenvalue weighted by Crippen LogP contribution is 2.13. The predicted octanol–water partition coefficient (Wildman–Crippen LogP) is 0.0346. The SMILES string of the molecule is C[C@@H]1CC(=O)N[C@H]1C#N. The quantitative estimate of drug-likeness (QED) is 0.495. The van der Waals surface area contributed by atoms with Crippen molar-refractivity contribution in [2.75, 3.05) is 0 Å². The van der Waals surface area contributed by atoms with Crippen LogP contribution in [0.25, 0.3) is 0 Å². The minimum absolute atomic E-state index is 0.00551. The van der Waals surface area contributed by atoms with Crippen molar-refractivity contribution in [2.45, 2.75) is 19.4 Å². The minimum atomic E-state index is -0.252. The fourth-order valence-corrected chi connectivity index (χ4v) is 0.944. The molecule has 0 spiro atoms. The molecule has 1 N–H and O–H groups in total. The first-order valence-electron chi connectivity index (χ1n) is 2.93. The number of carbonyl (C=O) groups is 1. The fraction of sp³-hybridized carbons (Fsp3) is 0.667. The van der Waals surface area contributed by atoms with Gasteiger partial charge in [-0.05, 0) is 5.92 Å². The number of nitrogens with one attached hydrogen (secondary N) is 1. The van der Waals surface area contributed by atoms with Crippen LogP contribution < -0.4 is 5.32 Å². The summed E-state index contributed by atoms with van der Waals surface area (Å²) in [5.74, 6) is 0.177. The first-order chi connectivity index (χ1) is 4.24. The topological polar surface area (TPSA) is 52.9 Å². The van der Waals surface area contributed by atoms with Crippen molar-refractivity contribution in [3.05, 3.63) is 0 Å². The molecule has 0 unspecified atom stereocenters. The third kappa shape index (κ3) is 1.02. The van der Waals surface area contributed by atoms with Gasteiger partial charge in [0.1, 0.15) is 6.04 Å². The van der Waals surface area contributed by atoms with Gasteiger partial charge in [0, 0.05) is 6.42 Å². The van der Waals surface area contributed by atoms with Gasteiger partial charge in [0.25, 0.3) is 0 Å². The molecule has 0 aromatic carbocycles. The lowest BCUT2D eigenvalue weighted by molar-refractivity contribution is -0.119. The smallest absolute Gasteiger partial charge is 0.221 e. The summed E-state index contributed by atoms with van der Waals surface area (Å²) in [6, 6.07) is 1.76. The Hall–Kier alpha value is -1.04. The standard InChI is InChI=1S/C6H8N2O/c1-4-2-6(9)8-5(4)3-7/h4-5H,2H2,1H3,(H,8,9)/t4-,5+/m1/s1. The summed E-state index contributed by atoms with van der Waals surface area (Å²) in [4.78, 5) is 10.6. The van der Waals surface area contributed by atoms with Crippen molar-refractivity contribution in [1.29, 1.82) is 5.26 Å². The summed E-state index contributed by atoms with van der Waals surface area (Å²) in [6.45, 7) is 1.89. The maximum absolute atomic E-state index is 10.6. The van der Waals surface area contributed by atoms with E-state index in [1.807, 2.05) is 13.0 Å². The van der Waals surface area contributed by atoms with Gasteiger partial charge in [-0.25, -0.2) is 0 Å². The van der Waals surface area contributed by atoms with Gasteiger partial charge in [-0.15, -0.1) is 0 Å². The molecule has 1 saturated heterocycles. The summed E-state index contributed by atoms with van der Waals surface area (Å²) in [5, 5.41) is 10.9. The van der Waals surface area contributed by atoms with E-state index < -0.39 is 0 Å². The largest absolute Gasteiger partial charge is 0.340 e. The monoisotopic (exact) mass is 124 g/mol. The highest BCUT2D eigenvalue weighted by molar-refractivity contribution is 5.79. The molecule has 1 heterocycles. The number of carbonyl (C=O) groups excluding carboxylic acids is 1. The van der Waals surface area contributed by atoms with Gasteiger partial charge in [-0.2, -0.15) is 5.26 Å². The van der Waals surface area contributed by atoms with Crippen LogP contribution in [0.1, 0.15) is 13.3 Å². The first-order valence-corrected chi connectivity index (χ1v) is 2.93. The average molecular weight is 124 g/mol. The van der Waals surface area contributed by atoms with Crippen LogP contribution >= 0.6 is 0 Å². The van der Waals surface area contributed by atoms with Gasteiger partial charge in [0.15, 0.2) is 0 Å². The Morgan fingerprint density at radius 3 is 2.78 bits per heavy atom. The molecule has 2 atom stereocenters. The van der Waals surface area contributed by atoms with Gasteiger partial charge in [-0.1, -0.05) is 6.92 Å². The molecule has 0 radical (unpaired) electrons. The molecule has 1 fully saturated rings. The van der Waals surface area contributed by atoms with Crippen LogP contribution in [0.4, 0.5) is 0 Å². The number of nitrogens with zero attached hydrogens (tertiary/aromatic N) is 1. The van der Waals surface area contributed by atoms with E-state index in [9.17, 15) is 4.79 Å². The van der Waals surface area contributed by atoms with Crippen LogP contribution in [0.3, 0.4) is 0 Å². The molecule has 1 aliphatic rings. The molecule has 0 bridgehead atoms. The molecule has 48 valence electrons. The second kappa shape index (κ2) is 2.06. The first kappa shape index (κ1) is 6.09. The molecule has 3 heteroatoms. The Morgan fingerprint density at radius 1 is 1.89 bits per heavy atom. The van der Waals surface area contributed by atoms with E-state index in [4.69, 9.17) is 5.26 Å². The van der Waals surface area contributed by atoms with E-state index in [0.717, 1.165) is 0 Å². The molecule has 0 aromatic rings. The zero-order chi connectivity index (χ0) is 6.85. The Labute approximate surface area is 53.7 Å². The van der Waals surface area contributed by atoms with Crippen molar-refractivity contribution >= 4 is 5.91 Å². The molecule has 0 aliphatic carbocycles. The Kier molecular flexibility index (Phi) is 1.39. The highest BCUT2D eigenvalue weighted by atomic mass is 16.1. The Morgan fingerprint density at radius 2 is 2.56 bits per heavy atom. The van der Waals surface area contributed by atoms with Crippen LogP contribution in [0, 0.1) is 17.2 Å². The maximum Gasteiger partial charge on any atom is 0.221 e. The fourth-order valence-electron chi connectivity index (χ4n) is 0.944. The molecular weight excluding hydrogens is 116 g/mol. The molecule has 1 rings (SSSR count). The van der Waals surface area contributed by atoms with Gasteiger partial charge >= 0.3 is 0 Å². The third-order valence-corrected chi connectivity index (χ3v) is 1.53. The molecule has 0 saturated carbocycles. The highest BCUT2D eigenvalue weighted by Gasteiger charge is 2.27. The van der Waals surface area contributed by atoms with Crippen molar-refractivity contribution in [3.63, 3.8) is 0 Å². The second-order valence-electron chi connectivity index (χ2n) is 2.36. The van der Waals surface area contributed by atoms with Crippen LogP contribution in [0.5, 0.6) is 0 Å². The summed E-state index contributed by atoms with van der Waals surface area (Å²) in [7, 11) is 0. The molecular formula is C6H8N2O. The van der Waals surface area contributed by atoms with Crippen LogP contribution in [0.2, 0.25) is 0 Å². The van der Waals surface area contributed by atoms with Gasteiger partial charge in [0.05, 0.1) is 6.07 Å². The molecule has 0 aromatic heterocycles. The Balaban J connectivity index is 2.60. The van der Waals surface area contributed by atoms with Crippen molar-refractivity contribution in [2.24, 2.45) is 5.92 Å². The van der Waals surface area contributed by atoms with Crippen LogP contribution in [-0.4, -0.2) is 11.9 Å². The molecule has 3 nitrogen and oxygen atoms in total. The number of hydrogen-bond donors (Lipinski definition) is 1. The number of rotatable bonds is 0. The zero-order valence-electron chi connectivity index (χ0n) is 5.22. The lowest BCUT2D eigenvalue weighted by atomic mass is 10.1. The van der Waals surface area contributed by atoms with E-state index in [1.165, 1.54) is 0 Å². The summed E-state index contributed by atoms with van der Waals surface area (Å²) < 4.78 is 0. The van der Waals surface area contributed by atoms with Crippen molar-refractivity contribution < 1.29 is 4.79 Å². The lowest BCUT2D eigenvalue weighted by Crippen LogP contribution is -2.25. The number of amides is 1. The van der Waals surface area contributed by atoms with E-state index in [1.54, 1.807) is 0 Å². The minimum Gasteiger partial charge on any atom is -0.340 e. The molecule has 1 aliphatic heterocycles. The van der Waals surface area contributed by atoms with E-state index in [2.05, 4.69) is 5.32 Å². The second-order valence-corrected chi connectivity index (χ2v) is 2.36.